The van der Waals surface area contributed by atoms with Gasteiger partial charge in [-0.25, -0.2) is 8.78 Å². The van der Waals surface area contributed by atoms with E-state index < -0.39 is 11.6 Å². The van der Waals surface area contributed by atoms with E-state index in [0.29, 0.717) is 11.1 Å². The lowest BCUT2D eigenvalue weighted by Crippen LogP contribution is -2.03. The van der Waals surface area contributed by atoms with Gasteiger partial charge in [0.25, 0.3) is 0 Å². The molecule has 2 aromatic carbocycles. The van der Waals surface area contributed by atoms with Crippen LogP contribution in [0.25, 0.3) is 0 Å². The number of rotatable bonds is 4. The fourth-order valence-electron chi connectivity index (χ4n) is 2.46. The molecule has 3 heteroatoms. The summed E-state index contributed by atoms with van der Waals surface area (Å²) in [6, 6.07) is 8.86. The van der Waals surface area contributed by atoms with E-state index in [1.807, 2.05) is 0 Å². The normalized spacial score (nSPS) is 12.5. The van der Waals surface area contributed by atoms with Gasteiger partial charge in [-0.3, -0.25) is 0 Å². The largest absolute Gasteiger partial charge is 0.207 e. The summed E-state index contributed by atoms with van der Waals surface area (Å²) in [5, 5.41) is 0. The molecule has 0 aliphatic heterocycles. The Morgan fingerprint density at radius 1 is 0.952 bits per heavy atom. The molecule has 0 saturated heterocycles. The third kappa shape index (κ3) is 3.34. The van der Waals surface area contributed by atoms with Crippen molar-refractivity contribution in [2.75, 3.05) is 0 Å². The number of halogens is 3. The summed E-state index contributed by atoms with van der Waals surface area (Å²) in [5.74, 6) is -1.02. The smallest absolute Gasteiger partial charge is 0.130 e. The molecule has 2 aromatic rings. The second-order valence-corrected chi connectivity index (χ2v) is 6.14. The minimum absolute atomic E-state index is 0.266. The molecular weight excluding hydrogens is 334 g/mol. The van der Waals surface area contributed by atoms with Gasteiger partial charge in [-0.15, -0.1) is 0 Å². The third-order valence-corrected chi connectivity index (χ3v) is 4.81. The Hall–Kier alpha value is -1.22. The van der Waals surface area contributed by atoms with Crippen molar-refractivity contribution in [2.24, 2.45) is 0 Å². The SMILES string of the molecule is CCc1ccc(CC)c(C(Br)c2cc(C)c(F)cc2F)c1. The van der Waals surface area contributed by atoms with Crippen molar-refractivity contribution in [1.82, 2.24) is 0 Å². The standard InChI is InChI=1S/C18H19BrF2/c1-4-12-6-7-13(5-2)14(9-12)18(19)15-8-11(3)16(20)10-17(15)21/h6-10,18H,4-5H2,1-3H3. The number of benzene rings is 2. The second-order valence-electron chi connectivity index (χ2n) is 5.23. The van der Waals surface area contributed by atoms with Gasteiger partial charge in [-0.1, -0.05) is 48.0 Å². The van der Waals surface area contributed by atoms with Crippen molar-refractivity contribution >= 4 is 15.9 Å². The van der Waals surface area contributed by atoms with E-state index >= 15 is 0 Å². The van der Waals surface area contributed by atoms with E-state index in [4.69, 9.17) is 0 Å². The van der Waals surface area contributed by atoms with Gasteiger partial charge in [0.2, 0.25) is 0 Å². The molecule has 0 spiro atoms. The highest BCUT2D eigenvalue weighted by Crippen LogP contribution is 2.36. The Morgan fingerprint density at radius 3 is 2.29 bits per heavy atom. The van der Waals surface area contributed by atoms with Crippen LogP contribution in [0.5, 0.6) is 0 Å². The molecular formula is C18H19BrF2. The molecule has 0 aliphatic carbocycles. The maximum absolute atomic E-state index is 14.1. The van der Waals surface area contributed by atoms with Gasteiger partial charge >= 0.3 is 0 Å². The van der Waals surface area contributed by atoms with E-state index in [0.717, 1.165) is 24.5 Å². The summed E-state index contributed by atoms with van der Waals surface area (Å²) in [6.45, 7) is 5.83. The average molecular weight is 353 g/mol. The second kappa shape index (κ2) is 6.69. The van der Waals surface area contributed by atoms with E-state index in [9.17, 15) is 8.78 Å². The van der Waals surface area contributed by atoms with Crippen molar-refractivity contribution in [3.05, 3.63) is 69.8 Å². The van der Waals surface area contributed by atoms with Gasteiger partial charge in [0.1, 0.15) is 11.6 Å². The molecule has 112 valence electrons. The van der Waals surface area contributed by atoms with Crippen LogP contribution >= 0.6 is 15.9 Å². The maximum atomic E-state index is 14.1. The number of aryl methyl sites for hydroxylation is 3. The van der Waals surface area contributed by atoms with Crippen LogP contribution in [0.3, 0.4) is 0 Å². The van der Waals surface area contributed by atoms with Crippen molar-refractivity contribution in [2.45, 2.75) is 38.4 Å². The Morgan fingerprint density at radius 2 is 1.67 bits per heavy atom. The van der Waals surface area contributed by atoms with Crippen molar-refractivity contribution < 1.29 is 8.78 Å². The molecule has 0 aliphatic rings. The third-order valence-electron chi connectivity index (χ3n) is 3.82. The first-order valence-electron chi connectivity index (χ1n) is 7.19. The molecule has 21 heavy (non-hydrogen) atoms. The fourth-order valence-corrected chi connectivity index (χ4v) is 3.24. The first-order valence-corrected chi connectivity index (χ1v) is 8.10. The van der Waals surface area contributed by atoms with Crippen molar-refractivity contribution in [1.29, 1.82) is 0 Å². The van der Waals surface area contributed by atoms with Gasteiger partial charge in [-0.2, -0.15) is 0 Å². The summed E-state index contributed by atoms with van der Waals surface area (Å²) in [7, 11) is 0. The van der Waals surface area contributed by atoms with Gasteiger partial charge < -0.3 is 0 Å². The first-order chi connectivity index (χ1) is 9.97. The van der Waals surface area contributed by atoms with Gasteiger partial charge in [0.15, 0.2) is 0 Å². The van der Waals surface area contributed by atoms with Gasteiger partial charge in [-0.05, 0) is 48.1 Å². The van der Waals surface area contributed by atoms with Crippen LogP contribution in [0, 0.1) is 18.6 Å². The molecule has 0 amide bonds. The summed E-state index contributed by atoms with van der Waals surface area (Å²) >= 11 is 3.60. The van der Waals surface area contributed by atoms with Gasteiger partial charge in [0, 0.05) is 11.6 Å². The van der Waals surface area contributed by atoms with Crippen molar-refractivity contribution in [3.8, 4) is 0 Å². The minimum atomic E-state index is -0.510. The molecule has 0 aromatic heterocycles. The lowest BCUT2D eigenvalue weighted by atomic mass is 9.94. The highest BCUT2D eigenvalue weighted by molar-refractivity contribution is 9.09. The predicted octanol–water partition coefficient (Wildman–Crippen LogP) is 5.88. The molecule has 0 saturated carbocycles. The van der Waals surface area contributed by atoms with E-state index in [1.165, 1.54) is 11.1 Å². The first kappa shape index (κ1) is 16.2. The monoisotopic (exact) mass is 352 g/mol. The summed E-state index contributed by atoms with van der Waals surface area (Å²) in [5.41, 5.74) is 4.39. The van der Waals surface area contributed by atoms with Crippen LogP contribution in [0.1, 0.15) is 46.5 Å². The number of hydrogen-bond donors (Lipinski definition) is 0. The molecule has 2 rings (SSSR count). The zero-order chi connectivity index (χ0) is 15.6. The predicted molar refractivity (Wildman–Crippen MR) is 87.1 cm³/mol. The Kier molecular flexibility index (Phi) is 5.15. The highest BCUT2D eigenvalue weighted by Gasteiger charge is 2.19. The van der Waals surface area contributed by atoms with E-state index in [2.05, 4.69) is 48.0 Å². The fraction of sp³-hybridized carbons (Fsp3) is 0.333. The number of alkyl halides is 1. The van der Waals surface area contributed by atoms with Crippen LogP contribution in [0.15, 0.2) is 30.3 Å². The maximum Gasteiger partial charge on any atom is 0.130 e. The number of hydrogen-bond acceptors (Lipinski definition) is 0. The summed E-state index contributed by atoms with van der Waals surface area (Å²) < 4.78 is 27.5. The zero-order valence-corrected chi connectivity index (χ0v) is 14.1. The van der Waals surface area contributed by atoms with Crippen LogP contribution in [-0.4, -0.2) is 0 Å². The summed E-state index contributed by atoms with van der Waals surface area (Å²) in [4.78, 5) is -0.266. The van der Waals surface area contributed by atoms with Crippen molar-refractivity contribution in [3.63, 3.8) is 0 Å². The molecule has 0 N–H and O–H groups in total. The minimum Gasteiger partial charge on any atom is -0.207 e. The van der Waals surface area contributed by atoms with Crippen LogP contribution in [-0.2, 0) is 12.8 Å². The van der Waals surface area contributed by atoms with Crippen LogP contribution < -0.4 is 0 Å². The van der Waals surface area contributed by atoms with Gasteiger partial charge in [0.05, 0.1) is 4.83 Å². The molecule has 0 radical (unpaired) electrons. The zero-order valence-electron chi connectivity index (χ0n) is 12.5. The Labute approximate surface area is 133 Å². The molecule has 0 heterocycles. The quantitative estimate of drug-likeness (QED) is 0.602. The molecule has 0 bridgehead atoms. The van der Waals surface area contributed by atoms with Crippen LogP contribution in [0.4, 0.5) is 8.78 Å². The molecule has 0 fully saturated rings. The average Bonchev–Trinajstić information content (AvgIpc) is 2.49. The lowest BCUT2D eigenvalue weighted by Gasteiger charge is -2.17. The Balaban J connectivity index is 2.53. The molecule has 0 nitrogen and oxygen atoms in total. The summed E-state index contributed by atoms with van der Waals surface area (Å²) in [6.07, 6.45) is 1.81. The molecule has 1 unspecified atom stereocenters. The lowest BCUT2D eigenvalue weighted by molar-refractivity contribution is 0.568. The topological polar surface area (TPSA) is 0 Å². The van der Waals surface area contributed by atoms with E-state index in [-0.39, 0.29) is 4.83 Å². The Bertz CT molecular complexity index is 650. The van der Waals surface area contributed by atoms with Crippen LogP contribution in [0.2, 0.25) is 0 Å². The highest BCUT2D eigenvalue weighted by atomic mass is 79.9. The molecule has 1 atom stereocenters. The van der Waals surface area contributed by atoms with E-state index in [1.54, 1.807) is 13.0 Å².